The van der Waals surface area contributed by atoms with Crippen LogP contribution in [-0.2, 0) is 10.0 Å². The van der Waals surface area contributed by atoms with Gasteiger partial charge in [-0.3, -0.25) is 0 Å². The van der Waals surface area contributed by atoms with Gasteiger partial charge in [-0.25, -0.2) is 4.98 Å². The second-order valence-corrected chi connectivity index (χ2v) is 6.71. The van der Waals surface area contributed by atoms with E-state index in [1.807, 2.05) is 26.0 Å². The van der Waals surface area contributed by atoms with E-state index in [0.29, 0.717) is 10.7 Å². The number of anilines is 1. The zero-order chi connectivity index (χ0) is 14.8. The van der Waals surface area contributed by atoms with Crippen LogP contribution in [0.2, 0.25) is 0 Å². The molecule has 1 aromatic carbocycles. The van der Waals surface area contributed by atoms with Crippen LogP contribution in [0.15, 0.2) is 47.5 Å². The lowest BCUT2D eigenvalue weighted by Gasteiger charge is -2.10. The number of aromatic nitrogens is 1. The molecule has 4 nitrogen and oxygen atoms in total. The Morgan fingerprint density at radius 2 is 1.90 bits per heavy atom. The summed E-state index contributed by atoms with van der Waals surface area (Å²) in [6.07, 6.45) is 1.68. The number of nitrogens with one attached hydrogen (secondary N) is 2. The minimum Gasteiger partial charge on any atom is -0.247 e. The first kappa shape index (κ1) is 14.5. The Kier molecular flexibility index (Phi) is 4.09. The Morgan fingerprint density at radius 1 is 1.15 bits per heavy atom. The van der Waals surface area contributed by atoms with Gasteiger partial charge in [0.05, 0.1) is 6.20 Å². The van der Waals surface area contributed by atoms with Crippen molar-refractivity contribution in [1.29, 1.82) is 0 Å². The van der Waals surface area contributed by atoms with E-state index in [9.17, 15) is 8.42 Å². The molecule has 0 fully saturated rings. The van der Waals surface area contributed by atoms with E-state index in [2.05, 4.69) is 9.71 Å². The number of H-pyrrole nitrogens is 1. The molecule has 20 heavy (non-hydrogen) atoms. The van der Waals surface area contributed by atoms with Crippen molar-refractivity contribution < 1.29 is 13.4 Å². The molecule has 0 saturated carbocycles. The van der Waals surface area contributed by atoms with Gasteiger partial charge < -0.3 is 0 Å². The molecule has 0 spiro atoms. The van der Waals surface area contributed by atoms with E-state index in [-0.39, 0.29) is 5.92 Å². The number of hydrogen-bond donors (Lipinski definition) is 1. The molecule has 0 aliphatic carbocycles. The van der Waals surface area contributed by atoms with Crippen LogP contribution in [0.25, 0.3) is 0 Å². The van der Waals surface area contributed by atoms with Crippen molar-refractivity contribution in [3.63, 3.8) is 0 Å². The minimum absolute atomic E-state index is 0.285. The maximum atomic E-state index is 12.5. The van der Waals surface area contributed by atoms with Crippen LogP contribution in [0, 0.1) is 6.92 Å². The largest absolute Gasteiger partial charge is 0.329 e. The van der Waals surface area contributed by atoms with E-state index in [1.165, 1.54) is 0 Å². The van der Waals surface area contributed by atoms with Gasteiger partial charge in [-0.1, -0.05) is 32.0 Å². The summed E-state index contributed by atoms with van der Waals surface area (Å²) in [5, 5.41) is 0. The SMILES string of the molecule is Cc1ccc(C(C)C)cc1S(=O)(=O)Nc1cccc[nH+]1. The van der Waals surface area contributed by atoms with Crippen LogP contribution in [0.5, 0.6) is 0 Å². The number of benzene rings is 1. The van der Waals surface area contributed by atoms with Crippen LogP contribution < -0.4 is 9.71 Å². The molecule has 106 valence electrons. The topological polar surface area (TPSA) is 60.3 Å². The van der Waals surface area contributed by atoms with Crippen molar-refractivity contribution in [3.8, 4) is 0 Å². The monoisotopic (exact) mass is 291 g/mol. The van der Waals surface area contributed by atoms with Gasteiger partial charge in [0.2, 0.25) is 0 Å². The number of rotatable bonds is 4. The zero-order valence-electron chi connectivity index (χ0n) is 11.8. The third-order valence-corrected chi connectivity index (χ3v) is 4.63. The molecular formula is C15H19N2O2S+. The van der Waals surface area contributed by atoms with E-state index in [0.717, 1.165) is 11.1 Å². The number of aryl methyl sites for hydroxylation is 1. The smallest absolute Gasteiger partial charge is 0.247 e. The number of aromatic amines is 1. The van der Waals surface area contributed by atoms with Gasteiger partial charge in [-0.15, -0.1) is 0 Å². The van der Waals surface area contributed by atoms with Crippen molar-refractivity contribution >= 4 is 15.8 Å². The molecule has 0 amide bonds. The van der Waals surface area contributed by atoms with Gasteiger partial charge >= 0.3 is 10.0 Å². The Bertz CT molecular complexity index is 695. The second kappa shape index (κ2) is 5.63. The average Bonchev–Trinajstić information content (AvgIpc) is 2.39. The molecule has 2 rings (SSSR count). The summed E-state index contributed by atoms with van der Waals surface area (Å²) in [4.78, 5) is 3.18. The highest BCUT2D eigenvalue weighted by Crippen LogP contribution is 2.23. The highest BCUT2D eigenvalue weighted by Gasteiger charge is 2.23. The predicted octanol–water partition coefficient (Wildman–Crippen LogP) is 2.73. The van der Waals surface area contributed by atoms with Gasteiger partial charge in [0.25, 0.3) is 5.82 Å². The summed E-state index contributed by atoms with van der Waals surface area (Å²) in [5.74, 6) is 0.731. The summed E-state index contributed by atoms with van der Waals surface area (Å²) < 4.78 is 27.5. The van der Waals surface area contributed by atoms with Gasteiger partial charge in [0, 0.05) is 6.07 Å². The molecule has 0 unspecified atom stereocenters. The normalized spacial score (nSPS) is 11.6. The second-order valence-electron chi connectivity index (χ2n) is 5.06. The molecule has 0 saturated heterocycles. The number of pyridine rings is 1. The summed E-state index contributed by atoms with van der Waals surface area (Å²) in [6, 6.07) is 10.8. The van der Waals surface area contributed by atoms with Gasteiger partial charge in [0.15, 0.2) is 0 Å². The molecule has 0 bridgehead atoms. The standard InChI is InChI=1S/C15H18N2O2S/c1-11(2)13-8-7-12(3)14(10-13)20(18,19)17-15-6-4-5-9-16-15/h4-11H,1-3H3,(H,16,17)/p+1. The first-order valence-electron chi connectivity index (χ1n) is 6.50. The Morgan fingerprint density at radius 3 is 2.50 bits per heavy atom. The van der Waals surface area contributed by atoms with Crippen LogP contribution >= 0.6 is 0 Å². The molecule has 2 aromatic rings. The molecule has 1 aromatic heterocycles. The first-order valence-corrected chi connectivity index (χ1v) is 7.98. The number of hydrogen-bond acceptors (Lipinski definition) is 2. The van der Waals surface area contributed by atoms with E-state index in [4.69, 9.17) is 0 Å². The highest BCUT2D eigenvalue weighted by molar-refractivity contribution is 7.92. The van der Waals surface area contributed by atoms with Crippen LogP contribution in [0.3, 0.4) is 0 Å². The van der Waals surface area contributed by atoms with E-state index < -0.39 is 10.0 Å². The Hall–Kier alpha value is -1.88. The fourth-order valence-electron chi connectivity index (χ4n) is 1.92. The van der Waals surface area contributed by atoms with E-state index >= 15 is 0 Å². The van der Waals surface area contributed by atoms with Crippen molar-refractivity contribution in [2.75, 3.05) is 4.72 Å². The summed E-state index contributed by atoms with van der Waals surface area (Å²) in [6.45, 7) is 5.88. The van der Waals surface area contributed by atoms with Gasteiger partial charge in [-0.2, -0.15) is 13.1 Å². The van der Waals surface area contributed by atoms with Crippen LogP contribution in [0.4, 0.5) is 5.82 Å². The Labute approximate surface area is 119 Å². The molecule has 0 aliphatic heterocycles. The molecule has 2 N–H and O–H groups in total. The maximum absolute atomic E-state index is 12.5. The fraction of sp³-hybridized carbons (Fsp3) is 0.267. The number of sulfonamides is 1. The quantitative estimate of drug-likeness (QED) is 0.941. The third-order valence-electron chi connectivity index (χ3n) is 3.12. The van der Waals surface area contributed by atoms with Crippen molar-refractivity contribution in [2.45, 2.75) is 31.6 Å². The lowest BCUT2D eigenvalue weighted by molar-refractivity contribution is -0.360. The minimum atomic E-state index is -3.58. The highest BCUT2D eigenvalue weighted by atomic mass is 32.2. The lowest BCUT2D eigenvalue weighted by Crippen LogP contribution is -2.20. The maximum Gasteiger partial charge on any atom is 0.329 e. The molecule has 5 heteroatoms. The van der Waals surface area contributed by atoms with Crippen molar-refractivity contribution in [2.24, 2.45) is 0 Å². The first-order chi connectivity index (χ1) is 9.40. The molecule has 0 atom stereocenters. The summed E-state index contributed by atoms with van der Waals surface area (Å²) in [7, 11) is -3.58. The van der Waals surface area contributed by atoms with Crippen molar-refractivity contribution in [1.82, 2.24) is 0 Å². The predicted molar refractivity (Wildman–Crippen MR) is 79.1 cm³/mol. The van der Waals surface area contributed by atoms with Gasteiger partial charge in [-0.05, 0) is 36.1 Å². The lowest BCUT2D eigenvalue weighted by atomic mass is 10.0. The zero-order valence-corrected chi connectivity index (χ0v) is 12.7. The molecular weight excluding hydrogens is 272 g/mol. The van der Waals surface area contributed by atoms with Crippen molar-refractivity contribution in [3.05, 3.63) is 53.7 Å². The fourth-order valence-corrected chi connectivity index (χ4v) is 3.23. The third kappa shape index (κ3) is 3.17. The average molecular weight is 291 g/mol. The van der Waals surface area contributed by atoms with Crippen LogP contribution in [0.1, 0.15) is 30.9 Å². The summed E-state index contributed by atoms with van der Waals surface area (Å²) >= 11 is 0. The van der Waals surface area contributed by atoms with Gasteiger partial charge in [0.1, 0.15) is 4.90 Å². The van der Waals surface area contributed by atoms with E-state index in [1.54, 1.807) is 37.4 Å². The summed E-state index contributed by atoms with van der Waals surface area (Å²) in [5.41, 5.74) is 1.74. The molecule has 1 heterocycles. The van der Waals surface area contributed by atoms with Crippen LogP contribution in [-0.4, -0.2) is 8.42 Å². The Balaban J connectivity index is 2.41. The molecule has 0 radical (unpaired) electrons. The molecule has 0 aliphatic rings.